The number of rotatable bonds is 8. The Morgan fingerprint density at radius 1 is 1.24 bits per heavy atom. The zero-order chi connectivity index (χ0) is 15.1. The van der Waals surface area contributed by atoms with Crippen LogP contribution in [0.2, 0.25) is 0 Å². The third kappa shape index (κ3) is 5.44. The highest BCUT2D eigenvalue weighted by molar-refractivity contribution is 5.70. The molecule has 0 bridgehead atoms. The molecule has 2 aromatic rings. The van der Waals surface area contributed by atoms with Crippen molar-refractivity contribution < 1.29 is 14.3 Å². The van der Waals surface area contributed by atoms with Crippen LogP contribution in [0.1, 0.15) is 30.2 Å². The maximum Gasteiger partial charge on any atom is 0.307 e. The van der Waals surface area contributed by atoms with Gasteiger partial charge in [-0.15, -0.1) is 0 Å². The van der Waals surface area contributed by atoms with E-state index in [0.29, 0.717) is 6.04 Å². The second kappa shape index (κ2) is 7.64. The van der Waals surface area contributed by atoms with Crippen LogP contribution in [0.15, 0.2) is 47.1 Å². The van der Waals surface area contributed by atoms with Gasteiger partial charge in [-0.25, -0.2) is 0 Å². The molecule has 2 N–H and O–H groups in total. The van der Waals surface area contributed by atoms with Crippen LogP contribution in [0.4, 0.5) is 0 Å². The van der Waals surface area contributed by atoms with E-state index in [0.717, 1.165) is 36.3 Å². The minimum absolute atomic E-state index is 0.0766. The van der Waals surface area contributed by atoms with Gasteiger partial charge in [0.2, 0.25) is 0 Å². The minimum atomic E-state index is -0.799. The Morgan fingerprint density at radius 3 is 2.57 bits per heavy atom. The molecular weight excluding hydrogens is 266 g/mol. The largest absolute Gasteiger partial charge is 0.481 e. The molecule has 1 aromatic heterocycles. The first-order valence-corrected chi connectivity index (χ1v) is 7.19. The Hall–Kier alpha value is -2.07. The van der Waals surface area contributed by atoms with Crippen molar-refractivity contribution in [3.8, 4) is 0 Å². The maximum absolute atomic E-state index is 10.6. The summed E-state index contributed by atoms with van der Waals surface area (Å²) >= 11 is 0. The van der Waals surface area contributed by atoms with Crippen LogP contribution in [0.25, 0.3) is 0 Å². The number of benzene rings is 1. The number of hydrogen-bond acceptors (Lipinski definition) is 3. The summed E-state index contributed by atoms with van der Waals surface area (Å²) in [6.45, 7) is 2.94. The summed E-state index contributed by atoms with van der Waals surface area (Å²) in [5.74, 6) is 0.217. The average molecular weight is 287 g/mol. The first-order valence-electron chi connectivity index (χ1n) is 7.19. The normalized spacial score (nSPS) is 12.2. The number of aryl methyl sites for hydroxylation is 1. The highest BCUT2D eigenvalue weighted by Crippen LogP contribution is 2.08. The summed E-state index contributed by atoms with van der Waals surface area (Å²) in [4.78, 5) is 10.6. The summed E-state index contributed by atoms with van der Waals surface area (Å²) in [6.07, 6.45) is 3.72. The van der Waals surface area contributed by atoms with Gasteiger partial charge in [-0.1, -0.05) is 24.3 Å². The molecule has 1 heterocycles. The Morgan fingerprint density at radius 2 is 1.95 bits per heavy atom. The van der Waals surface area contributed by atoms with Crippen molar-refractivity contribution in [3.05, 3.63) is 59.5 Å². The van der Waals surface area contributed by atoms with Gasteiger partial charge < -0.3 is 14.8 Å². The minimum Gasteiger partial charge on any atom is -0.481 e. The molecule has 0 fully saturated rings. The Kier molecular flexibility index (Phi) is 5.58. The summed E-state index contributed by atoms with van der Waals surface area (Å²) in [7, 11) is 0. The fourth-order valence-electron chi connectivity index (χ4n) is 2.16. The van der Waals surface area contributed by atoms with Gasteiger partial charge >= 0.3 is 5.97 Å². The van der Waals surface area contributed by atoms with E-state index in [1.165, 1.54) is 0 Å². The molecule has 0 amide bonds. The van der Waals surface area contributed by atoms with Crippen molar-refractivity contribution >= 4 is 5.97 Å². The lowest BCUT2D eigenvalue weighted by Crippen LogP contribution is -2.25. The second-order valence-electron chi connectivity index (χ2n) is 5.29. The number of furan rings is 1. The molecule has 2 rings (SSSR count). The predicted molar refractivity (Wildman–Crippen MR) is 81.1 cm³/mol. The van der Waals surface area contributed by atoms with Crippen LogP contribution in [0, 0.1) is 0 Å². The molecule has 1 aromatic carbocycles. The quantitative estimate of drug-likeness (QED) is 0.783. The van der Waals surface area contributed by atoms with E-state index in [-0.39, 0.29) is 6.42 Å². The Bertz CT molecular complexity index is 546. The number of nitrogens with one attached hydrogen (secondary N) is 1. The molecule has 21 heavy (non-hydrogen) atoms. The third-order valence-electron chi connectivity index (χ3n) is 3.44. The van der Waals surface area contributed by atoms with Crippen molar-refractivity contribution in [2.75, 3.05) is 0 Å². The zero-order valence-corrected chi connectivity index (χ0v) is 12.2. The lowest BCUT2D eigenvalue weighted by Gasteiger charge is -2.13. The zero-order valence-electron chi connectivity index (χ0n) is 12.2. The van der Waals surface area contributed by atoms with Crippen molar-refractivity contribution in [1.29, 1.82) is 0 Å². The lowest BCUT2D eigenvalue weighted by molar-refractivity contribution is -0.136. The molecular formula is C17H21NO3. The van der Waals surface area contributed by atoms with Crippen LogP contribution in [0.3, 0.4) is 0 Å². The van der Waals surface area contributed by atoms with Gasteiger partial charge in [0.1, 0.15) is 5.76 Å². The van der Waals surface area contributed by atoms with Crippen molar-refractivity contribution in [3.63, 3.8) is 0 Å². The van der Waals surface area contributed by atoms with Crippen molar-refractivity contribution in [1.82, 2.24) is 5.32 Å². The van der Waals surface area contributed by atoms with Gasteiger partial charge in [-0.3, -0.25) is 4.79 Å². The maximum atomic E-state index is 10.6. The Labute approximate surface area is 124 Å². The van der Waals surface area contributed by atoms with Crippen LogP contribution >= 0.6 is 0 Å². The van der Waals surface area contributed by atoms with E-state index < -0.39 is 5.97 Å². The van der Waals surface area contributed by atoms with Crippen LogP contribution < -0.4 is 5.32 Å². The van der Waals surface area contributed by atoms with E-state index in [4.69, 9.17) is 9.52 Å². The van der Waals surface area contributed by atoms with Gasteiger partial charge in [0, 0.05) is 19.0 Å². The average Bonchev–Trinajstić information content (AvgIpc) is 2.97. The predicted octanol–water partition coefficient (Wildman–Crippen LogP) is 3.02. The molecule has 0 aliphatic rings. The highest BCUT2D eigenvalue weighted by Gasteiger charge is 2.05. The molecule has 1 unspecified atom stereocenters. The molecule has 0 aliphatic carbocycles. The van der Waals surface area contributed by atoms with E-state index in [9.17, 15) is 4.79 Å². The summed E-state index contributed by atoms with van der Waals surface area (Å²) in [6, 6.07) is 12.0. The number of hydrogen-bond donors (Lipinski definition) is 2. The number of aliphatic carboxylic acids is 1. The molecule has 0 saturated carbocycles. The van der Waals surface area contributed by atoms with E-state index >= 15 is 0 Å². The molecule has 0 radical (unpaired) electrons. The standard InChI is InChI=1S/C17H21NO3/c1-13(4-9-16-3-2-10-21-16)18-12-15-7-5-14(6-8-15)11-17(19)20/h2-3,5-8,10,13,18H,4,9,11-12H2,1H3,(H,19,20). The molecule has 4 heteroatoms. The highest BCUT2D eigenvalue weighted by atomic mass is 16.4. The topological polar surface area (TPSA) is 62.5 Å². The number of carboxylic acid groups (broad SMARTS) is 1. The number of carboxylic acids is 1. The fourth-order valence-corrected chi connectivity index (χ4v) is 2.16. The summed E-state index contributed by atoms with van der Waals surface area (Å²) in [5, 5.41) is 12.2. The summed E-state index contributed by atoms with van der Waals surface area (Å²) < 4.78 is 5.32. The van der Waals surface area contributed by atoms with Gasteiger partial charge in [0.05, 0.1) is 12.7 Å². The SMILES string of the molecule is CC(CCc1ccco1)NCc1ccc(CC(=O)O)cc1. The molecule has 4 nitrogen and oxygen atoms in total. The van der Waals surface area contributed by atoms with E-state index in [1.807, 2.05) is 36.4 Å². The summed E-state index contributed by atoms with van der Waals surface area (Å²) in [5.41, 5.74) is 1.99. The molecule has 112 valence electrons. The molecule has 0 aliphatic heterocycles. The van der Waals surface area contributed by atoms with Gasteiger partial charge in [0.25, 0.3) is 0 Å². The third-order valence-corrected chi connectivity index (χ3v) is 3.44. The lowest BCUT2D eigenvalue weighted by atomic mass is 10.1. The second-order valence-corrected chi connectivity index (χ2v) is 5.29. The monoisotopic (exact) mass is 287 g/mol. The first kappa shape index (κ1) is 15.3. The van der Waals surface area contributed by atoms with Crippen molar-refractivity contribution in [2.24, 2.45) is 0 Å². The molecule has 0 saturated heterocycles. The van der Waals surface area contributed by atoms with E-state index in [2.05, 4.69) is 12.2 Å². The van der Waals surface area contributed by atoms with Crippen LogP contribution in [0.5, 0.6) is 0 Å². The van der Waals surface area contributed by atoms with Gasteiger partial charge in [-0.2, -0.15) is 0 Å². The van der Waals surface area contributed by atoms with E-state index in [1.54, 1.807) is 6.26 Å². The number of carbonyl (C=O) groups is 1. The van der Waals surface area contributed by atoms with Gasteiger partial charge in [-0.05, 0) is 36.6 Å². The van der Waals surface area contributed by atoms with Crippen LogP contribution in [-0.4, -0.2) is 17.1 Å². The molecule has 1 atom stereocenters. The van der Waals surface area contributed by atoms with Crippen LogP contribution in [-0.2, 0) is 24.2 Å². The fraction of sp³-hybridized carbons (Fsp3) is 0.353. The smallest absolute Gasteiger partial charge is 0.307 e. The Balaban J connectivity index is 1.73. The van der Waals surface area contributed by atoms with Crippen molar-refractivity contribution in [2.45, 2.75) is 38.8 Å². The van der Waals surface area contributed by atoms with Gasteiger partial charge in [0.15, 0.2) is 0 Å². The first-order chi connectivity index (χ1) is 10.1. The molecule has 0 spiro atoms.